The van der Waals surface area contributed by atoms with E-state index in [0.29, 0.717) is 5.56 Å². The van der Waals surface area contributed by atoms with Crippen molar-refractivity contribution in [2.75, 3.05) is 0 Å². The number of carbonyl (C=O) groups excluding carboxylic acids is 1. The molecule has 5 rings (SSSR count). The van der Waals surface area contributed by atoms with Gasteiger partial charge in [-0.15, -0.1) is 0 Å². The zero-order valence-electron chi connectivity index (χ0n) is 14.7. The van der Waals surface area contributed by atoms with Crippen LogP contribution in [0.4, 0.5) is 4.39 Å². The summed E-state index contributed by atoms with van der Waals surface area (Å²) >= 11 is 0. The van der Waals surface area contributed by atoms with E-state index in [2.05, 4.69) is 0 Å². The summed E-state index contributed by atoms with van der Waals surface area (Å²) in [4.78, 5) is 13.2. The highest BCUT2D eigenvalue weighted by Gasteiger charge is 2.65. The van der Waals surface area contributed by atoms with Crippen molar-refractivity contribution in [3.05, 3.63) is 101 Å². The molecule has 0 unspecified atom stereocenters. The van der Waals surface area contributed by atoms with Gasteiger partial charge >= 0.3 is 0 Å². The van der Waals surface area contributed by atoms with Gasteiger partial charge in [0, 0.05) is 17.9 Å². The fourth-order valence-electron chi connectivity index (χ4n) is 4.69. The Morgan fingerprint density at radius 2 is 1.54 bits per heavy atom. The van der Waals surface area contributed by atoms with E-state index in [9.17, 15) is 17.6 Å². The van der Waals surface area contributed by atoms with Crippen molar-refractivity contribution in [3.8, 4) is 0 Å². The average molecular weight is 393 g/mol. The molecule has 1 amide bonds. The van der Waals surface area contributed by atoms with Gasteiger partial charge in [-0.1, -0.05) is 60.7 Å². The fourth-order valence-corrected chi connectivity index (χ4v) is 6.69. The van der Waals surface area contributed by atoms with Crippen molar-refractivity contribution in [2.45, 2.75) is 22.8 Å². The molecule has 6 heteroatoms. The van der Waals surface area contributed by atoms with Gasteiger partial charge in [-0.2, -0.15) is 0 Å². The van der Waals surface area contributed by atoms with Gasteiger partial charge in [0.1, 0.15) is 11.4 Å². The Bertz CT molecular complexity index is 1190. The normalized spacial score (nSPS) is 24.8. The predicted octanol–water partition coefficient (Wildman–Crippen LogP) is 3.79. The van der Waals surface area contributed by atoms with Crippen LogP contribution in [-0.4, -0.2) is 18.6 Å². The molecule has 0 bridgehead atoms. The summed E-state index contributed by atoms with van der Waals surface area (Å²) in [7, 11) is -3.98. The van der Waals surface area contributed by atoms with E-state index in [4.69, 9.17) is 0 Å². The van der Waals surface area contributed by atoms with Gasteiger partial charge in [-0.3, -0.25) is 4.79 Å². The summed E-state index contributed by atoms with van der Waals surface area (Å²) in [6.07, 6.45) is 0.0358. The van der Waals surface area contributed by atoms with E-state index in [1.165, 1.54) is 12.1 Å². The minimum Gasteiger partial charge on any atom is -0.274 e. The van der Waals surface area contributed by atoms with Crippen LogP contribution in [0.1, 0.15) is 29.0 Å². The first kappa shape index (κ1) is 17.1. The number of hydrogen-bond acceptors (Lipinski definition) is 3. The Morgan fingerprint density at radius 3 is 2.25 bits per heavy atom. The Morgan fingerprint density at radius 1 is 0.893 bits per heavy atom. The lowest BCUT2D eigenvalue weighted by Crippen LogP contribution is -2.44. The van der Waals surface area contributed by atoms with Crippen molar-refractivity contribution in [2.24, 2.45) is 0 Å². The molecule has 3 aromatic carbocycles. The van der Waals surface area contributed by atoms with Crippen LogP contribution in [0.2, 0.25) is 0 Å². The van der Waals surface area contributed by atoms with E-state index >= 15 is 0 Å². The van der Waals surface area contributed by atoms with Gasteiger partial charge < -0.3 is 0 Å². The number of nitrogens with zero attached hydrogens (tertiary/aromatic N) is 1. The van der Waals surface area contributed by atoms with Gasteiger partial charge in [-0.25, -0.2) is 17.1 Å². The second-order valence-corrected chi connectivity index (χ2v) is 8.86. The number of rotatable bonds is 2. The zero-order valence-corrected chi connectivity index (χ0v) is 15.6. The summed E-state index contributed by atoms with van der Waals surface area (Å²) in [6, 6.07) is 21.9. The number of halogens is 1. The van der Waals surface area contributed by atoms with Crippen LogP contribution in [0.3, 0.4) is 0 Å². The molecule has 0 spiro atoms. The minimum absolute atomic E-state index is 0.0358. The lowest BCUT2D eigenvalue weighted by Gasteiger charge is -2.37. The third-order valence-electron chi connectivity index (χ3n) is 5.73. The molecule has 0 radical (unpaired) electrons. The van der Waals surface area contributed by atoms with Gasteiger partial charge in [0.05, 0.1) is 4.90 Å². The van der Waals surface area contributed by atoms with E-state index in [-0.39, 0.29) is 17.1 Å². The molecule has 140 valence electrons. The summed E-state index contributed by atoms with van der Waals surface area (Å²) < 4.78 is 41.2. The number of carbonyl (C=O) groups is 1. The third kappa shape index (κ3) is 2.04. The minimum atomic E-state index is -3.98. The van der Waals surface area contributed by atoms with Crippen LogP contribution >= 0.6 is 0 Å². The topological polar surface area (TPSA) is 54.5 Å². The van der Waals surface area contributed by atoms with Crippen molar-refractivity contribution in [3.63, 3.8) is 0 Å². The SMILES string of the molecule is O=C1C[C@H](c2ccc(F)cc2)[C@@]2(c3ccccc3)c3ccccc3S(=O)(=O)N12. The Labute approximate surface area is 162 Å². The molecule has 0 aliphatic carbocycles. The molecule has 2 aliphatic rings. The molecular weight excluding hydrogens is 377 g/mol. The van der Waals surface area contributed by atoms with Crippen molar-refractivity contribution >= 4 is 15.9 Å². The molecule has 2 heterocycles. The second kappa shape index (κ2) is 5.75. The van der Waals surface area contributed by atoms with Gasteiger partial charge in [-0.05, 0) is 29.3 Å². The van der Waals surface area contributed by atoms with Crippen LogP contribution < -0.4 is 0 Å². The number of benzene rings is 3. The summed E-state index contributed by atoms with van der Waals surface area (Å²) in [5.74, 6) is -1.28. The first-order valence-corrected chi connectivity index (χ1v) is 10.4. The molecule has 2 atom stereocenters. The number of sulfonamides is 1. The monoisotopic (exact) mass is 393 g/mol. The Balaban J connectivity index is 1.89. The quantitative estimate of drug-likeness (QED) is 0.666. The number of hydrogen-bond donors (Lipinski definition) is 0. The fraction of sp³-hybridized carbons (Fsp3) is 0.136. The van der Waals surface area contributed by atoms with Crippen molar-refractivity contribution in [1.82, 2.24) is 4.31 Å². The highest BCUT2D eigenvalue weighted by molar-refractivity contribution is 7.90. The van der Waals surface area contributed by atoms with Crippen LogP contribution in [0.25, 0.3) is 0 Å². The average Bonchev–Trinajstić information content (AvgIpc) is 3.14. The lowest BCUT2D eigenvalue weighted by atomic mass is 9.71. The summed E-state index contributed by atoms with van der Waals surface area (Å²) in [6.45, 7) is 0. The Hall–Kier alpha value is -2.99. The number of amides is 1. The largest absolute Gasteiger partial charge is 0.274 e. The standard InChI is InChI=1S/C22H16FNO3S/c23-17-12-10-15(11-13-17)19-14-21(25)24-22(19,16-6-2-1-3-7-16)18-8-4-5-9-20(18)28(24,26)27/h1-13,19H,14H2/t19-,22-/m1/s1. The zero-order chi connectivity index (χ0) is 19.5. The third-order valence-corrected chi connectivity index (χ3v) is 7.62. The van der Waals surface area contributed by atoms with E-state index < -0.39 is 27.4 Å². The maximum absolute atomic E-state index is 13.5. The lowest BCUT2D eigenvalue weighted by molar-refractivity contribution is -0.125. The van der Waals surface area contributed by atoms with Crippen molar-refractivity contribution in [1.29, 1.82) is 0 Å². The molecule has 4 nitrogen and oxygen atoms in total. The first-order valence-electron chi connectivity index (χ1n) is 8.96. The maximum Gasteiger partial charge on any atom is 0.268 e. The molecule has 1 saturated heterocycles. The first-order chi connectivity index (χ1) is 13.5. The highest BCUT2D eigenvalue weighted by atomic mass is 32.2. The van der Waals surface area contributed by atoms with E-state index in [0.717, 1.165) is 15.4 Å². The molecule has 0 N–H and O–H groups in total. The van der Waals surface area contributed by atoms with Gasteiger partial charge in [0.25, 0.3) is 10.0 Å². The molecule has 0 aromatic heterocycles. The van der Waals surface area contributed by atoms with Crippen LogP contribution in [0, 0.1) is 5.82 Å². The summed E-state index contributed by atoms with van der Waals surface area (Å²) in [5.41, 5.74) is 0.865. The second-order valence-electron chi connectivity index (χ2n) is 7.10. The van der Waals surface area contributed by atoms with E-state index in [1.54, 1.807) is 36.4 Å². The van der Waals surface area contributed by atoms with Crippen LogP contribution in [-0.2, 0) is 20.4 Å². The van der Waals surface area contributed by atoms with Gasteiger partial charge in [0.2, 0.25) is 5.91 Å². The predicted molar refractivity (Wildman–Crippen MR) is 101 cm³/mol. The van der Waals surface area contributed by atoms with E-state index in [1.807, 2.05) is 30.3 Å². The van der Waals surface area contributed by atoms with Gasteiger partial charge in [0.15, 0.2) is 0 Å². The highest BCUT2D eigenvalue weighted by Crippen LogP contribution is 2.60. The maximum atomic E-state index is 13.5. The molecule has 28 heavy (non-hydrogen) atoms. The Kier molecular flexibility index (Phi) is 3.52. The van der Waals surface area contributed by atoms with Crippen molar-refractivity contribution < 1.29 is 17.6 Å². The molecule has 1 fully saturated rings. The smallest absolute Gasteiger partial charge is 0.268 e. The number of fused-ring (bicyclic) bond motifs is 3. The van der Waals surface area contributed by atoms with Crippen LogP contribution in [0.5, 0.6) is 0 Å². The van der Waals surface area contributed by atoms with Crippen LogP contribution in [0.15, 0.2) is 83.8 Å². The molecule has 2 aliphatic heterocycles. The summed E-state index contributed by atoms with van der Waals surface area (Å²) in [5, 5.41) is 0. The molecule has 0 saturated carbocycles. The molecule has 3 aromatic rings. The molecular formula is C22H16FNO3S.